The number of hydrogen-bond acceptors (Lipinski definition) is 5. The van der Waals surface area contributed by atoms with Crippen LogP contribution in [0.5, 0.6) is 0 Å². The van der Waals surface area contributed by atoms with Crippen molar-refractivity contribution < 1.29 is 18.0 Å². The maximum absolute atomic E-state index is 12.7. The van der Waals surface area contributed by atoms with Crippen LogP contribution in [0.4, 0.5) is 18.3 Å². The van der Waals surface area contributed by atoms with Crippen LogP contribution in [0.1, 0.15) is 28.2 Å². The Hall–Kier alpha value is -2.16. The summed E-state index contributed by atoms with van der Waals surface area (Å²) in [6.07, 6.45) is -2.71. The lowest BCUT2D eigenvalue weighted by atomic mass is 9.98. The van der Waals surface area contributed by atoms with Crippen LogP contribution in [0.25, 0.3) is 0 Å². The van der Waals surface area contributed by atoms with Gasteiger partial charge in [-0.3, -0.25) is 4.79 Å². The van der Waals surface area contributed by atoms with Gasteiger partial charge >= 0.3 is 6.18 Å². The molecule has 3 rings (SSSR count). The van der Waals surface area contributed by atoms with Gasteiger partial charge in [-0.25, -0.2) is 0 Å². The molecule has 1 aromatic heterocycles. The van der Waals surface area contributed by atoms with E-state index in [1.54, 1.807) is 24.3 Å². The second-order valence-corrected chi connectivity index (χ2v) is 6.87. The van der Waals surface area contributed by atoms with Gasteiger partial charge in [-0.2, -0.15) is 13.2 Å². The quantitative estimate of drug-likeness (QED) is 0.898. The number of anilines is 1. The van der Waals surface area contributed by atoms with Crippen molar-refractivity contribution in [3.63, 3.8) is 0 Å². The van der Waals surface area contributed by atoms with E-state index in [0.29, 0.717) is 36.5 Å². The van der Waals surface area contributed by atoms with Crippen molar-refractivity contribution in [2.75, 3.05) is 24.5 Å². The number of aromatic nitrogens is 2. The van der Waals surface area contributed by atoms with Gasteiger partial charge in [-0.15, -0.1) is 10.2 Å². The highest BCUT2D eigenvalue weighted by Crippen LogP contribution is 2.35. The van der Waals surface area contributed by atoms with E-state index in [4.69, 9.17) is 0 Å². The van der Waals surface area contributed by atoms with Crippen LogP contribution in [-0.2, 0) is 6.18 Å². The Morgan fingerprint density at radius 3 is 2.72 bits per heavy atom. The normalized spacial score (nSPS) is 18.2. The summed E-state index contributed by atoms with van der Waals surface area (Å²) in [6.45, 7) is 1.69. The molecule has 1 atom stereocenters. The van der Waals surface area contributed by atoms with Crippen LogP contribution in [0.3, 0.4) is 0 Å². The topological polar surface area (TPSA) is 58.1 Å². The first-order valence-corrected chi connectivity index (χ1v) is 8.74. The molecule has 2 aromatic rings. The third-order valence-corrected chi connectivity index (χ3v) is 5.06. The molecular weight excluding hydrogens is 353 g/mol. The predicted molar refractivity (Wildman–Crippen MR) is 88.6 cm³/mol. The van der Waals surface area contributed by atoms with Crippen molar-refractivity contribution in [2.24, 2.45) is 5.92 Å². The Morgan fingerprint density at radius 1 is 1.28 bits per heavy atom. The van der Waals surface area contributed by atoms with Gasteiger partial charge < -0.3 is 10.2 Å². The fourth-order valence-corrected chi connectivity index (χ4v) is 3.54. The lowest BCUT2D eigenvalue weighted by Crippen LogP contribution is -2.41. The molecule has 1 aliphatic heterocycles. The number of amides is 1. The third kappa shape index (κ3) is 4.47. The average Bonchev–Trinajstić information content (AvgIpc) is 3.11. The number of hydrogen-bond donors (Lipinski definition) is 1. The van der Waals surface area contributed by atoms with Crippen LogP contribution in [0.2, 0.25) is 0 Å². The summed E-state index contributed by atoms with van der Waals surface area (Å²) in [6, 6.07) is 8.91. The van der Waals surface area contributed by atoms with Crippen LogP contribution in [0, 0.1) is 5.92 Å². The minimum absolute atomic E-state index is 0.145. The highest BCUT2D eigenvalue weighted by molar-refractivity contribution is 7.15. The largest absolute Gasteiger partial charge is 0.445 e. The number of halogens is 3. The Morgan fingerprint density at radius 2 is 2.04 bits per heavy atom. The van der Waals surface area contributed by atoms with Gasteiger partial charge in [-0.05, 0) is 30.9 Å². The number of rotatable bonds is 4. The summed E-state index contributed by atoms with van der Waals surface area (Å²) in [5.74, 6) is 0.0210. The fourth-order valence-electron chi connectivity index (χ4n) is 2.79. The first-order chi connectivity index (χ1) is 11.9. The molecule has 1 aliphatic rings. The zero-order valence-electron chi connectivity index (χ0n) is 13.3. The number of alkyl halides is 3. The summed E-state index contributed by atoms with van der Waals surface area (Å²) in [5.41, 5.74) is 0.592. The number of benzene rings is 1. The van der Waals surface area contributed by atoms with Gasteiger partial charge in [-0.1, -0.05) is 29.5 Å². The summed E-state index contributed by atoms with van der Waals surface area (Å²) >= 11 is 0.561. The fraction of sp³-hybridized carbons (Fsp3) is 0.438. The number of nitrogens with zero attached hydrogens (tertiary/aromatic N) is 3. The predicted octanol–water partition coefficient (Wildman–Crippen LogP) is 3.20. The molecule has 2 heterocycles. The Labute approximate surface area is 146 Å². The number of nitrogens with one attached hydrogen (secondary N) is 1. The van der Waals surface area contributed by atoms with Gasteiger partial charge in [0.25, 0.3) is 5.91 Å². The van der Waals surface area contributed by atoms with Crippen molar-refractivity contribution in [3.05, 3.63) is 40.9 Å². The molecule has 1 unspecified atom stereocenters. The van der Waals surface area contributed by atoms with E-state index >= 15 is 0 Å². The van der Waals surface area contributed by atoms with Crippen molar-refractivity contribution in [2.45, 2.75) is 19.0 Å². The van der Waals surface area contributed by atoms with Crippen molar-refractivity contribution >= 4 is 22.4 Å². The van der Waals surface area contributed by atoms with Crippen molar-refractivity contribution in [3.8, 4) is 0 Å². The van der Waals surface area contributed by atoms with E-state index in [1.807, 2.05) is 11.0 Å². The van der Waals surface area contributed by atoms with E-state index in [-0.39, 0.29) is 17.0 Å². The molecule has 25 heavy (non-hydrogen) atoms. The molecule has 1 saturated heterocycles. The molecule has 134 valence electrons. The molecule has 0 aliphatic carbocycles. The zero-order chi connectivity index (χ0) is 17.9. The molecule has 5 nitrogen and oxygen atoms in total. The van der Waals surface area contributed by atoms with Crippen molar-refractivity contribution in [1.29, 1.82) is 0 Å². The molecular formula is C16H17F3N4OS. The summed E-state index contributed by atoms with van der Waals surface area (Å²) in [4.78, 5) is 13.9. The zero-order valence-corrected chi connectivity index (χ0v) is 14.1. The monoisotopic (exact) mass is 370 g/mol. The Balaban J connectivity index is 1.56. The molecule has 1 N–H and O–H groups in total. The molecule has 9 heteroatoms. The summed E-state index contributed by atoms with van der Waals surface area (Å²) < 4.78 is 38.0. The van der Waals surface area contributed by atoms with Gasteiger partial charge in [0.15, 0.2) is 0 Å². The average molecular weight is 370 g/mol. The molecule has 0 saturated carbocycles. The van der Waals surface area contributed by atoms with Crippen LogP contribution in [-0.4, -0.2) is 35.7 Å². The molecule has 0 radical (unpaired) electrons. The van der Waals surface area contributed by atoms with E-state index in [0.717, 1.165) is 12.8 Å². The second kappa shape index (κ2) is 7.38. The first-order valence-electron chi connectivity index (χ1n) is 7.92. The highest BCUT2D eigenvalue weighted by atomic mass is 32.1. The summed E-state index contributed by atoms with van der Waals surface area (Å²) in [5, 5.41) is 9.15. The molecule has 0 spiro atoms. The van der Waals surface area contributed by atoms with Crippen LogP contribution >= 0.6 is 11.3 Å². The Kier molecular flexibility index (Phi) is 5.22. The highest BCUT2D eigenvalue weighted by Gasteiger charge is 2.36. The van der Waals surface area contributed by atoms with E-state index in [2.05, 4.69) is 15.5 Å². The van der Waals surface area contributed by atoms with E-state index < -0.39 is 11.2 Å². The van der Waals surface area contributed by atoms with Crippen LogP contribution < -0.4 is 10.2 Å². The lowest BCUT2D eigenvalue weighted by Gasteiger charge is -2.32. The van der Waals surface area contributed by atoms with Gasteiger partial charge in [0, 0.05) is 25.2 Å². The van der Waals surface area contributed by atoms with Crippen LogP contribution in [0.15, 0.2) is 30.3 Å². The minimum Gasteiger partial charge on any atom is -0.352 e. The van der Waals surface area contributed by atoms with Gasteiger partial charge in [0.05, 0.1) is 0 Å². The van der Waals surface area contributed by atoms with Gasteiger partial charge in [0.1, 0.15) is 0 Å². The molecule has 1 amide bonds. The molecule has 0 bridgehead atoms. The lowest BCUT2D eigenvalue weighted by molar-refractivity contribution is -0.138. The van der Waals surface area contributed by atoms with E-state index in [1.165, 1.54) is 0 Å². The number of carbonyl (C=O) groups excluding carboxylic acids is 1. The first kappa shape index (κ1) is 17.7. The Bertz CT molecular complexity index is 720. The molecule has 1 fully saturated rings. The standard InChI is InChI=1S/C16H17F3N4OS/c17-16(18,19)14-21-22-15(25-14)23-8-4-5-11(10-23)9-20-13(24)12-6-2-1-3-7-12/h1-3,6-7,11H,4-5,8-10H2,(H,20,24). The minimum atomic E-state index is -4.46. The SMILES string of the molecule is O=C(NCC1CCCN(c2nnc(C(F)(F)F)s2)C1)c1ccccc1. The van der Waals surface area contributed by atoms with E-state index in [9.17, 15) is 18.0 Å². The molecule has 1 aromatic carbocycles. The summed E-state index contributed by atoms with van der Waals surface area (Å²) in [7, 11) is 0. The second-order valence-electron chi connectivity index (χ2n) is 5.92. The smallest absolute Gasteiger partial charge is 0.352 e. The maximum Gasteiger partial charge on any atom is 0.445 e. The number of piperidine rings is 1. The van der Waals surface area contributed by atoms with Gasteiger partial charge in [0.2, 0.25) is 10.1 Å². The maximum atomic E-state index is 12.7. The number of carbonyl (C=O) groups is 1. The third-order valence-electron chi connectivity index (χ3n) is 4.03. The van der Waals surface area contributed by atoms with Crippen molar-refractivity contribution in [1.82, 2.24) is 15.5 Å².